The Morgan fingerprint density at radius 2 is 2.00 bits per heavy atom. The van der Waals surface area contributed by atoms with E-state index in [0.717, 1.165) is 39.3 Å². The molecule has 0 fully saturated rings. The molecule has 0 aliphatic carbocycles. The van der Waals surface area contributed by atoms with Gasteiger partial charge in [0.1, 0.15) is 0 Å². The van der Waals surface area contributed by atoms with Crippen molar-refractivity contribution in [2.24, 2.45) is 0 Å². The highest BCUT2D eigenvalue weighted by atomic mass is 16.5. The zero-order valence-electron chi connectivity index (χ0n) is 9.62. The molecule has 0 aliphatic heterocycles. The van der Waals surface area contributed by atoms with Crippen LogP contribution in [-0.2, 0) is 4.74 Å². The van der Waals surface area contributed by atoms with Gasteiger partial charge in [-0.05, 0) is 34.0 Å². The molecule has 0 radical (unpaired) electrons. The maximum absolute atomic E-state index is 8.98. The molecule has 0 rings (SSSR count). The minimum absolute atomic E-state index is 0.211. The molecule has 0 aromatic rings. The van der Waals surface area contributed by atoms with E-state index in [2.05, 4.69) is 10.2 Å². The van der Waals surface area contributed by atoms with E-state index in [1.807, 2.05) is 14.1 Å². The molecule has 1 atom stereocenters. The smallest absolute Gasteiger partial charge is 0.0593 e. The highest BCUT2D eigenvalue weighted by Crippen LogP contribution is 1.85. The lowest BCUT2D eigenvalue weighted by Crippen LogP contribution is -2.25. The molecule has 14 heavy (non-hydrogen) atoms. The fourth-order valence-electron chi connectivity index (χ4n) is 0.929. The molecule has 1 unspecified atom stereocenters. The summed E-state index contributed by atoms with van der Waals surface area (Å²) in [7, 11) is 4.06. The summed E-state index contributed by atoms with van der Waals surface area (Å²) in [6.07, 6.45) is 0.592. The predicted octanol–water partition coefficient (Wildman–Crippen LogP) is -0.0749. The number of rotatable bonds is 9. The van der Waals surface area contributed by atoms with Crippen LogP contribution >= 0.6 is 0 Å². The average molecular weight is 204 g/mol. The standard InChI is InChI=1S/C10H24N2O2/c1-10(13)4-5-11-6-8-14-9-7-12(2)3/h10-11,13H,4-9H2,1-3H3. The summed E-state index contributed by atoms with van der Waals surface area (Å²) in [4.78, 5) is 2.10. The van der Waals surface area contributed by atoms with Crippen molar-refractivity contribution in [1.29, 1.82) is 0 Å². The Labute approximate surface area is 87.2 Å². The van der Waals surface area contributed by atoms with Crippen molar-refractivity contribution in [3.8, 4) is 0 Å². The third-order valence-electron chi connectivity index (χ3n) is 1.84. The molecule has 0 aromatic heterocycles. The van der Waals surface area contributed by atoms with E-state index in [-0.39, 0.29) is 6.10 Å². The van der Waals surface area contributed by atoms with Gasteiger partial charge in [-0.2, -0.15) is 0 Å². The Bertz CT molecular complexity index is 105. The number of likely N-dealkylation sites (N-methyl/N-ethyl adjacent to an activating group) is 1. The summed E-state index contributed by atoms with van der Waals surface area (Å²) < 4.78 is 5.38. The van der Waals surface area contributed by atoms with E-state index < -0.39 is 0 Å². The normalized spacial score (nSPS) is 13.5. The summed E-state index contributed by atoms with van der Waals surface area (Å²) in [5.41, 5.74) is 0. The summed E-state index contributed by atoms with van der Waals surface area (Å²) in [6, 6.07) is 0. The molecular weight excluding hydrogens is 180 g/mol. The van der Waals surface area contributed by atoms with Crippen LogP contribution in [0.2, 0.25) is 0 Å². The van der Waals surface area contributed by atoms with Crippen molar-refractivity contribution in [1.82, 2.24) is 10.2 Å². The first kappa shape index (κ1) is 13.8. The third kappa shape index (κ3) is 11.8. The molecule has 0 bridgehead atoms. The van der Waals surface area contributed by atoms with E-state index in [9.17, 15) is 0 Å². The monoisotopic (exact) mass is 204 g/mol. The number of hydrogen-bond donors (Lipinski definition) is 2. The first-order valence-electron chi connectivity index (χ1n) is 5.24. The van der Waals surface area contributed by atoms with Gasteiger partial charge in [-0.25, -0.2) is 0 Å². The van der Waals surface area contributed by atoms with Crippen LogP contribution in [-0.4, -0.2) is 63.1 Å². The first-order chi connectivity index (χ1) is 6.63. The molecule has 86 valence electrons. The molecule has 2 N–H and O–H groups in total. The fourth-order valence-corrected chi connectivity index (χ4v) is 0.929. The lowest BCUT2D eigenvalue weighted by atomic mass is 10.3. The van der Waals surface area contributed by atoms with Gasteiger partial charge in [0, 0.05) is 13.1 Å². The van der Waals surface area contributed by atoms with Gasteiger partial charge >= 0.3 is 0 Å². The van der Waals surface area contributed by atoms with Gasteiger partial charge in [0.2, 0.25) is 0 Å². The number of nitrogens with zero attached hydrogens (tertiary/aromatic N) is 1. The van der Waals surface area contributed by atoms with Crippen LogP contribution in [0.3, 0.4) is 0 Å². The van der Waals surface area contributed by atoms with Crippen molar-refractivity contribution >= 4 is 0 Å². The van der Waals surface area contributed by atoms with Crippen LogP contribution in [0.1, 0.15) is 13.3 Å². The number of hydrogen-bond acceptors (Lipinski definition) is 4. The molecular formula is C10H24N2O2. The number of aliphatic hydroxyl groups is 1. The minimum atomic E-state index is -0.211. The van der Waals surface area contributed by atoms with E-state index in [1.54, 1.807) is 6.92 Å². The van der Waals surface area contributed by atoms with E-state index in [1.165, 1.54) is 0 Å². The van der Waals surface area contributed by atoms with Gasteiger partial charge in [-0.3, -0.25) is 0 Å². The van der Waals surface area contributed by atoms with E-state index in [0.29, 0.717) is 0 Å². The maximum atomic E-state index is 8.98. The lowest BCUT2D eigenvalue weighted by molar-refractivity contribution is 0.118. The predicted molar refractivity (Wildman–Crippen MR) is 58.5 cm³/mol. The molecule has 0 amide bonds. The van der Waals surface area contributed by atoms with Crippen LogP contribution in [0.5, 0.6) is 0 Å². The molecule has 0 aromatic carbocycles. The van der Waals surface area contributed by atoms with Gasteiger partial charge in [0.25, 0.3) is 0 Å². The van der Waals surface area contributed by atoms with Crippen molar-refractivity contribution < 1.29 is 9.84 Å². The largest absolute Gasteiger partial charge is 0.393 e. The summed E-state index contributed by atoms with van der Waals surface area (Å²) in [6.45, 7) is 6.01. The second-order valence-electron chi connectivity index (χ2n) is 3.80. The Kier molecular flexibility index (Phi) is 9.29. The van der Waals surface area contributed by atoms with Gasteiger partial charge in [0.15, 0.2) is 0 Å². The molecule has 4 heteroatoms. The van der Waals surface area contributed by atoms with Gasteiger partial charge in [-0.1, -0.05) is 0 Å². The van der Waals surface area contributed by atoms with Crippen LogP contribution in [0.15, 0.2) is 0 Å². The van der Waals surface area contributed by atoms with Crippen LogP contribution in [0.4, 0.5) is 0 Å². The Morgan fingerprint density at radius 1 is 1.29 bits per heavy atom. The summed E-state index contributed by atoms with van der Waals surface area (Å²) >= 11 is 0. The Balaban J connectivity index is 2.92. The highest BCUT2D eigenvalue weighted by Gasteiger charge is 1.94. The topological polar surface area (TPSA) is 44.7 Å². The van der Waals surface area contributed by atoms with Crippen molar-refractivity contribution in [3.63, 3.8) is 0 Å². The Hall–Kier alpha value is -0.160. The van der Waals surface area contributed by atoms with Crippen LogP contribution in [0, 0.1) is 0 Å². The van der Waals surface area contributed by atoms with Gasteiger partial charge in [0.05, 0.1) is 19.3 Å². The minimum Gasteiger partial charge on any atom is -0.393 e. The zero-order valence-corrected chi connectivity index (χ0v) is 9.62. The average Bonchev–Trinajstić information content (AvgIpc) is 2.08. The van der Waals surface area contributed by atoms with Crippen LogP contribution in [0.25, 0.3) is 0 Å². The number of nitrogens with one attached hydrogen (secondary N) is 1. The fraction of sp³-hybridized carbons (Fsp3) is 1.00. The molecule has 4 nitrogen and oxygen atoms in total. The first-order valence-corrected chi connectivity index (χ1v) is 5.24. The lowest BCUT2D eigenvalue weighted by Gasteiger charge is -2.10. The highest BCUT2D eigenvalue weighted by molar-refractivity contribution is 4.51. The summed E-state index contributed by atoms with van der Waals surface area (Å²) in [5, 5.41) is 12.2. The van der Waals surface area contributed by atoms with E-state index in [4.69, 9.17) is 9.84 Å². The molecule has 0 aliphatic rings. The molecule has 0 saturated heterocycles. The second-order valence-corrected chi connectivity index (χ2v) is 3.80. The Morgan fingerprint density at radius 3 is 2.57 bits per heavy atom. The van der Waals surface area contributed by atoms with Crippen LogP contribution < -0.4 is 5.32 Å². The van der Waals surface area contributed by atoms with Crippen molar-refractivity contribution in [3.05, 3.63) is 0 Å². The molecule has 0 spiro atoms. The van der Waals surface area contributed by atoms with Gasteiger partial charge < -0.3 is 20.1 Å². The summed E-state index contributed by atoms with van der Waals surface area (Å²) in [5.74, 6) is 0. The molecule has 0 heterocycles. The maximum Gasteiger partial charge on any atom is 0.0593 e. The second kappa shape index (κ2) is 9.40. The SMILES string of the molecule is CC(O)CCNCCOCCN(C)C. The number of ether oxygens (including phenoxy) is 1. The van der Waals surface area contributed by atoms with Crippen molar-refractivity contribution in [2.75, 3.05) is 46.9 Å². The number of aliphatic hydroxyl groups excluding tert-OH is 1. The molecule has 0 saturated carbocycles. The van der Waals surface area contributed by atoms with Crippen molar-refractivity contribution in [2.45, 2.75) is 19.4 Å². The van der Waals surface area contributed by atoms with Gasteiger partial charge in [-0.15, -0.1) is 0 Å². The zero-order chi connectivity index (χ0) is 10.8. The quantitative estimate of drug-likeness (QED) is 0.516. The van der Waals surface area contributed by atoms with E-state index >= 15 is 0 Å². The third-order valence-corrected chi connectivity index (χ3v) is 1.84.